The number of pyridine rings is 1. The number of benzene rings is 1. The van der Waals surface area contributed by atoms with Crippen LogP contribution in [0.25, 0.3) is 5.65 Å². The van der Waals surface area contributed by atoms with E-state index in [1.165, 1.54) is 7.05 Å². The third-order valence-corrected chi connectivity index (χ3v) is 5.02. The zero-order valence-electron chi connectivity index (χ0n) is 14.6. The van der Waals surface area contributed by atoms with Crippen molar-refractivity contribution in [2.45, 2.75) is 23.2 Å². The number of imidazole rings is 1. The quantitative estimate of drug-likeness (QED) is 0.572. The van der Waals surface area contributed by atoms with Crippen LogP contribution < -0.4 is 0 Å². The second-order valence-electron chi connectivity index (χ2n) is 6.10. The van der Waals surface area contributed by atoms with Gasteiger partial charge in [-0.25, -0.2) is 4.98 Å². The number of nitrogens with zero attached hydrogens (tertiary/aromatic N) is 3. The summed E-state index contributed by atoms with van der Waals surface area (Å²) in [5.74, 6) is 0.261. The van der Waals surface area contributed by atoms with Crippen LogP contribution in [0.3, 0.4) is 0 Å². The van der Waals surface area contributed by atoms with Crippen LogP contribution in [0.15, 0.2) is 59.8 Å². The maximum atomic E-state index is 12.3. The van der Waals surface area contributed by atoms with Crippen molar-refractivity contribution in [3.8, 4) is 0 Å². The SMILES string of the molecule is CN(CCC(F)(F)F)C(=O)c1ccc(SCc2cn3ccccc3n2)cc1. The summed E-state index contributed by atoms with van der Waals surface area (Å²) in [6.07, 6.45) is -1.38. The molecule has 1 amide bonds. The number of thioether (sulfide) groups is 1. The maximum absolute atomic E-state index is 12.3. The Balaban J connectivity index is 1.57. The molecule has 0 aliphatic rings. The third kappa shape index (κ3) is 5.26. The van der Waals surface area contributed by atoms with E-state index in [0.717, 1.165) is 21.1 Å². The highest BCUT2D eigenvalue weighted by atomic mass is 32.2. The molecule has 0 atom stereocenters. The van der Waals surface area contributed by atoms with E-state index in [2.05, 4.69) is 4.98 Å². The van der Waals surface area contributed by atoms with Crippen LogP contribution >= 0.6 is 11.8 Å². The standard InChI is InChI=1S/C19H18F3N3OS/c1-24(11-9-19(20,21)22)18(26)14-5-7-16(8-6-14)27-13-15-12-25-10-3-2-4-17(25)23-15/h2-8,10,12H,9,11,13H2,1H3. The van der Waals surface area contributed by atoms with Gasteiger partial charge in [0.25, 0.3) is 5.91 Å². The Kier molecular flexibility index (Phi) is 5.74. The van der Waals surface area contributed by atoms with Crippen LogP contribution in [-0.4, -0.2) is 40.0 Å². The summed E-state index contributed by atoms with van der Waals surface area (Å²) in [6, 6.07) is 12.7. The lowest BCUT2D eigenvalue weighted by atomic mass is 10.2. The van der Waals surface area contributed by atoms with Crippen molar-refractivity contribution in [2.24, 2.45) is 0 Å². The molecule has 0 bridgehead atoms. The molecule has 0 radical (unpaired) electrons. The average molecular weight is 393 g/mol. The highest BCUT2D eigenvalue weighted by molar-refractivity contribution is 7.98. The molecule has 1 aromatic carbocycles. The lowest BCUT2D eigenvalue weighted by Gasteiger charge is -2.18. The number of carbonyl (C=O) groups excluding carboxylic acids is 1. The molecule has 3 aromatic rings. The van der Waals surface area contributed by atoms with Crippen LogP contribution in [0.1, 0.15) is 22.5 Å². The average Bonchev–Trinajstić information content (AvgIpc) is 3.06. The molecule has 0 aliphatic heterocycles. The Labute approximate surface area is 159 Å². The largest absolute Gasteiger partial charge is 0.390 e. The molecule has 2 aromatic heterocycles. The number of aromatic nitrogens is 2. The van der Waals surface area contributed by atoms with Gasteiger partial charge < -0.3 is 9.30 Å². The van der Waals surface area contributed by atoms with Crippen molar-refractivity contribution < 1.29 is 18.0 Å². The van der Waals surface area contributed by atoms with Gasteiger partial charge >= 0.3 is 6.18 Å². The first-order valence-corrected chi connectivity index (χ1v) is 9.28. The van der Waals surface area contributed by atoms with Crippen molar-refractivity contribution in [3.05, 3.63) is 66.1 Å². The van der Waals surface area contributed by atoms with E-state index < -0.39 is 18.5 Å². The van der Waals surface area contributed by atoms with Crippen molar-refractivity contribution in [3.63, 3.8) is 0 Å². The number of amides is 1. The molecule has 0 aliphatic carbocycles. The van der Waals surface area contributed by atoms with E-state index in [9.17, 15) is 18.0 Å². The maximum Gasteiger partial charge on any atom is 0.390 e. The Morgan fingerprint density at radius 3 is 2.59 bits per heavy atom. The summed E-state index contributed by atoms with van der Waals surface area (Å²) in [5.41, 5.74) is 2.20. The molecule has 0 fully saturated rings. The molecule has 0 saturated carbocycles. The summed E-state index contributed by atoms with van der Waals surface area (Å²) in [7, 11) is 1.38. The molecular formula is C19H18F3N3OS. The Morgan fingerprint density at radius 2 is 1.93 bits per heavy atom. The Bertz CT molecular complexity index is 889. The highest BCUT2D eigenvalue weighted by Crippen LogP contribution is 2.24. The van der Waals surface area contributed by atoms with Gasteiger partial charge in [-0.3, -0.25) is 4.79 Å². The van der Waals surface area contributed by atoms with Gasteiger partial charge in [0.1, 0.15) is 5.65 Å². The molecule has 142 valence electrons. The molecule has 4 nitrogen and oxygen atoms in total. The summed E-state index contributed by atoms with van der Waals surface area (Å²) in [5, 5.41) is 0. The van der Waals surface area contributed by atoms with Gasteiger partial charge in [0.05, 0.1) is 12.1 Å². The zero-order chi connectivity index (χ0) is 19.4. The number of carbonyl (C=O) groups is 1. The van der Waals surface area contributed by atoms with Crippen LogP contribution in [-0.2, 0) is 5.75 Å². The fraction of sp³-hybridized carbons (Fsp3) is 0.263. The van der Waals surface area contributed by atoms with E-state index in [0.29, 0.717) is 11.3 Å². The number of hydrogen-bond donors (Lipinski definition) is 0. The van der Waals surface area contributed by atoms with Crippen LogP contribution in [0, 0.1) is 0 Å². The minimum atomic E-state index is -4.27. The van der Waals surface area contributed by atoms with Gasteiger partial charge in [0, 0.05) is 42.2 Å². The highest BCUT2D eigenvalue weighted by Gasteiger charge is 2.28. The Morgan fingerprint density at radius 1 is 1.19 bits per heavy atom. The van der Waals surface area contributed by atoms with Crippen LogP contribution in [0.2, 0.25) is 0 Å². The van der Waals surface area contributed by atoms with E-state index in [4.69, 9.17) is 0 Å². The molecular weight excluding hydrogens is 375 g/mol. The number of halogens is 3. The van der Waals surface area contributed by atoms with Gasteiger partial charge in [0.15, 0.2) is 0 Å². The molecule has 0 unspecified atom stereocenters. The van der Waals surface area contributed by atoms with Gasteiger partial charge in [-0.2, -0.15) is 13.2 Å². The van der Waals surface area contributed by atoms with E-state index in [1.54, 1.807) is 36.0 Å². The van der Waals surface area contributed by atoms with Gasteiger partial charge in [-0.1, -0.05) is 6.07 Å². The molecule has 0 spiro atoms. The summed E-state index contributed by atoms with van der Waals surface area (Å²) < 4.78 is 38.8. The van der Waals surface area contributed by atoms with Crippen molar-refractivity contribution >= 4 is 23.3 Å². The van der Waals surface area contributed by atoms with Gasteiger partial charge in [-0.05, 0) is 36.4 Å². The topological polar surface area (TPSA) is 37.6 Å². The normalized spacial score (nSPS) is 11.7. The summed E-state index contributed by atoms with van der Waals surface area (Å²) >= 11 is 1.58. The number of hydrogen-bond acceptors (Lipinski definition) is 3. The predicted octanol–water partition coefficient (Wildman–Crippen LogP) is 4.65. The number of fused-ring (bicyclic) bond motifs is 1. The van der Waals surface area contributed by atoms with Crippen LogP contribution in [0.5, 0.6) is 0 Å². The first-order valence-electron chi connectivity index (χ1n) is 8.29. The van der Waals surface area contributed by atoms with Crippen molar-refractivity contribution in [1.29, 1.82) is 0 Å². The molecule has 2 heterocycles. The predicted molar refractivity (Wildman–Crippen MR) is 98.8 cm³/mol. The smallest absolute Gasteiger partial charge is 0.341 e. The van der Waals surface area contributed by atoms with Crippen molar-refractivity contribution in [1.82, 2.24) is 14.3 Å². The lowest BCUT2D eigenvalue weighted by molar-refractivity contribution is -0.136. The zero-order valence-corrected chi connectivity index (χ0v) is 15.4. The van der Waals surface area contributed by atoms with Crippen molar-refractivity contribution in [2.75, 3.05) is 13.6 Å². The first kappa shape index (κ1) is 19.3. The van der Waals surface area contributed by atoms with E-state index in [1.807, 2.05) is 35.0 Å². The first-order chi connectivity index (χ1) is 12.8. The molecule has 8 heteroatoms. The summed E-state index contributed by atoms with van der Waals surface area (Å²) in [6.45, 7) is -0.354. The Hall–Kier alpha value is -2.48. The molecule has 3 rings (SSSR count). The second-order valence-corrected chi connectivity index (χ2v) is 7.15. The molecule has 27 heavy (non-hydrogen) atoms. The fourth-order valence-electron chi connectivity index (χ4n) is 2.52. The lowest BCUT2D eigenvalue weighted by Crippen LogP contribution is -2.30. The minimum absolute atomic E-state index is 0.354. The number of rotatable bonds is 6. The molecule has 0 saturated heterocycles. The van der Waals surface area contributed by atoms with Gasteiger partial charge in [0.2, 0.25) is 0 Å². The second kappa shape index (κ2) is 8.04. The summed E-state index contributed by atoms with van der Waals surface area (Å²) in [4.78, 5) is 18.8. The number of alkyl halides is 3. The minimum Gasteiger partial charge on any atom is -0.341 e. The monoisotopic (exact) mass is 393 g/mol. The van der Waals surface area contributed by atoms with E-state index in [-0.39, 0.29) is 6.54 Å². The van der Waals surface area contributed by atoms with Gasteiger partial charge in [-0.15, -0.1) is 11.8 Å². The molecule has 0 N–H and O–H groups in total. The fourth-order valence-corrected chi connectivity index (χ4v) is 3.31. The van der Waals surface area contributed by atoms with E-state index >= 15 is 0 Å². The third-order valence-electron chi connectivity index (χ3n) is 3.98. The van der Waals surface area contributed by atoms with Crippen LogP contribution in [0.4, 0.5) is 13.2 Å².